The summed E-state index contributed by atoms with van der Waals surface area (Å²) >= 11 is 3.43. The summed E-state index contributed by atoms with van der Waals surface area (Å²) in [6.07, 6.45) is 4.91. The molecule has 3 rings (SSSR count). The molecule has 0 aliphatic heterocycles. The Bertz CT molecular complexity index is 883. The van der Waals surface area contributed by atoms with Crippen molar-refractivity contribution in [2.75, 3.05) is 6.26 Å². The topological polar surface area (TPSA) is 51.4 Å². The predicted molar refractivity (Wildman–Crippen MR) is 81.4 cm³/mol. The van der Waals surface area contributed by atoms with Crippen molar-refractivity contribution in [3.8, 4) is 11.3 Å². The van der Waals surface area contributed by atoms with Gasteiger partial charge in [-0.05, 0) is 40.2 Å². The normalized spacial score (nSPS) is 11.9. The molecular weight excluding hydrogens is 340 g/mol. The Hall–Kier alpha value is -1.66. The molecule has 0 saturated carbocycles. The van der Waals surface area contributed by atoms with Crippen LogP contribution in [-0.2, 0) is 9.84 Å². The zero-order chi connectivity index (χ0) is 14.3. The summed E-state index contributed by atoms with van der Waals surface area (Å²) in [7, 11) is -3.17. The number of fused-ring (bicyclic) bond motifs is 1. The highest BCUT2D eigenvalue weighted by atomic mass is 79.9. The Morgan fingerprint density at radius 1 is 1.10 bits per heavy atom. The molecule has 6 heteroatoms. The molecular formula is C14H11BrN2O2S. The Kier molecular flexibility index (Phi) is 3.14. The SMILES string of the molecule is CS(=O)(=O)c1ccc(-c2cnc3ccc(Br)cn23)cc1. The van der Waals surface area contributed by atoms with Gasteiger partial charge in [-0.3, -0.25) is 4.40 Å². The van der Waals surface area contributed by atoms with E-state index in [2.05, 4.69) is 20.9 Å². The first-order valence-corrected chi connectivity index (χ1v) is 8.57. The van der Waals surface area contributed by atoms with E-state index in [9.17, 15) is 8.42 Å². The minimum absolute atomic E-state index is 0.316. The Morgan fingerprint density at radius 3 is 2.45 bits per heavy atom. The van der Waals surface area contributed by atoms with Crippen LogP contribution < -0.4 is 0 Å². The van der Waals surface area contributed by atoms with Crippen LogP contribution in [0.3, 0.4) is 0 Å². The standard InChI is InChI=1S/C14H11BrN2O2S/c1-20(18,19)12-5-2-10(3-6-12)13-8-16-14-7-4-11(15)9-17(13)14/h2-9H,1H3. The second kappa shape index (κ2) is 4.71. The first-order chi connectivity index (χ1) is 9.45. The molecule has 0 amide bonds. The zero-order valence-corrected chi connectivity index (χ0v) is 13.0. The summed E-state index contributed by atoms with van der Waals surface area (Å²) in [6, 6.07) is 10.7. The first-order valence-electron chi connectivity index (χ1n) is 5.88. The largest absolute Gasteiger partial charge is 0.299 e. The molecule has 0 bridgehead atoms. The van der Waals surface area contributed by atoms with Crippen LogP contribution >= 0.6 is 15.9 Å². The lowest BCUT2D eigenvalue weighted by Crippen LogP contribution is -1.96. The summed E-state index contributed by atoms with van der Waals surface area (Å²) in [5.74, 6) is 0. The van der Waals surface area contributed by atoms with E-state index >= 15 is 0 Å². The molecule has 0 saturated heterocycles. The highest BCUT2D eigenvalue weighted by Gasteiger charge is 2.09. The third-order valence-corrected chi connectivity index (χ3v) is 4.65. The smallest absolute Gasteiger partial charge is 0.175 e. The van der Waals surface area contributed by atoms with Crippen molar-refractivity contribution in [1.29, 1.82) is 0 Å². The predicted octanol–water partition coefficient (Wildman–Crippen LogP) is 3.17. The van der Waals surface area contributed by atoms with Crippen molar-refractivity contribution in [3.63, 3.8) is 0 Å². The van der Waals surface area contributed by atoms with Crippen LogP contribution in [0.5, 0.6) is 0 Å². The van der Waals surface area contributed by atoms with Gasteiger partial charge < -0.3 is 0 Å². The van der Waals surface area contributed by atoms with E-state index in [-0.39, 0.29) is 0 Å². The van der Waals surface area contributed by atoms with Gasteiger partial charge in [-0.1, -0.05) is 12.1 Å². The molecule has 2 heterocycles. The van der Waals surface area contributed by atoms with Gasteiger partial charge in [0.2, 0.25) is 0 Å². The van der Waals surface area contributed by atoms with Gasteiger partial charge in [0.1, 0.15) is 5.65 Å². The lowest BCUT2D eigenvalue weighted by atomic mass is 10.2. The van der Waals surface area contributed by atoms with Crippen molar-refractivity contribution in [2.24, 2.45) is 0 Å². The molecule has 0 fully saturated rings. The minimum Gasteiger partial charge on any atom is -0.299 e. The molecule has 0 aliphatic rings. The number of sulfone groups is 1. The Morgan fingerprint density at radius 2 is 1.80 bits per heavy atom. The number of aromatic nitrogens is 2. The molecule has 3 aromatic rings. The molecule has 4 nitrogen and oxygen atoms in total. The second-order valence-corrected chi connectivity index (χ2v) is 7.45. The van der Waals surface area contributed by atoms with Crippen LogP contribution in [-0.4, -0.2) is 24.1 Å². The van der Waals surface area contributed by atoms with Gasteiger partial charge in [-0.25, -0.2) is 13.4 Å². The Labute approximate surface area is 125 Å². The van der Waals surface area contributed by atoms with Crippen molar-refractivity contribution >= 4 is 31.4 Å². The molecule has 2 aromatic heterocycles. The van der Waals surface area contributed by atoms with Crippen molar-refractivity contribution in [2.45, 2.75) is 4.90 Å². The first kappa shape index (κ1) is 13.3. The number of nitrogens with zero attached hydrogens (tertiary/aromatic N) is 2. The average molecular weight is 351 g/mol. The highest BCUT2D eigenvalue weighted by molar-refractivity contribution is 9.10. The number of hydrogen-bond acceptors (Lipinski definition) is 3. The molecule has 0 spiro atoms. The fourth-order valence-electron chi connectivity index (χ4n) is 2.04. The summed E-state index contributed by atoms with van der Waals surface area (Å²) in [6.45, 7) is 0. The third-order valence-electron chi connectivity index (χ3n) is 3.05. The van der Waals surface area contributed by atoms with Gasteiger partial charge in [0.05, 0.1) is 16.8 Å². The van der Waals surface area contributed by atoms with Crippen LogP contribution in [0.1, 0.15) is 0 Å². The third kappa shape index (κ3) is 2.36. The molecule has 0 N–H and O–H groups in total. The monoisotopic (exact) mass is 350 g/mol. The van der Waals surface area contributed by atoms with E-state index in [1.54, 1.807) is 30.5 Å². The summed E-state index contributed by atoms with van der Waals surface area (Å²) in [4.78, 5) is 4.65. The van der Waals surface area contributed by atoms with Crippen LogP contribution in [0, 0.1) is 0 Å². The maximum Gasteiger partial charge on any atom is 0.175 e. The van der Waals surface area contributed by atoms with E-state index in [0.717, 1.165) is 21.4 Å². The summed E-state index contributed by atoms with van der Waals surface area (Å²) < 4.78 is 25.8. The number of rotatable bonds is 2. The van der Waals surface area contributed by atoms with Crippen LogP contribution in [0.2, 0.25) is 0 Å². The second-order valence-electron chi connectivity index (χ2n) is 4.52. The van der Waals surface area contributed by atoms with Gasteiger partial charge in [0.15, 0.2) is 9.84 Å². The number of pyridine rings is 1. The summed E-state index contributed by atoms with van der Waals surface area (Å²) in [5.41, 5.74) is 2.68. The molecule has 0 radical (unpaired) electrons. The van der Waals surface area contributed by atoms with Gasteiger partial charge in [0, 0.05) is 22.5 Å². The molecule has 20 heavy (non-hydrogen) atoms. The van der Waals surface area contributed by atoms with Crippen LogP contribution in [0.4, 0.5) is 0 Å². The van der Waals surface area contributed by atoms with E-state index in [4.69, 9.17) is 0 Å². The molecule has 0 atom stereocenters. The minimum atomic E-state index is -3.17. The van der Waals surface area contributed by atoms with Crippen molar-refractivity contribution in [1.82, 2.24) is 9.38 Å². The van der Waals surface area contributed by atoms with Crippen molar-refractivity contribution < 1.29 is 8.42 Å². The number of halogens is 1. The highest BCUT2D eigenvalue weighted by Crippen LogP contribution is 2.24. The van der Waals surface area contributed by atoms with E-state index in [0.29, 0.717) is 4.90 Å². The number of hydrogen-bond donors (Lipinski definition) is 0. The fraction of sp³-hybridized carbons (Fsp3) is 0.0714. The van der Waals surface area contributed by atoms with E-state index in [1.807, 2.05) is 22.7 Å². The quantitative estimate of drug-likeness (QED) is 0.713. The maximum atomic E-state index is 11.5. The Balaban J connectivity index is 2.14. The van der Waals surface area contributed by atoms with Gasteiger partial charge in [-0.2, -0.15) is 0 Å². The lowest BCUT2D eigenvalue weighted by molar-refractivity contribution is 0.602. The van der Waals surface area contributed by atoms with Crippen LogP contribution in [0.25, 0.3) is 16.9 Å². The van der Waals surface area contributed by atoms with E-state index < -0.39 is 9.84 Å². The van der Waals surface area contributed by atoms with Crippen LogP contribution in [0.15, 0.2) is 58.2 Å². The lowest BCUT2D eigenvalue weighted by Gasteiger charge is -2.04. The van der Waals surface area contributed by atoms with Crippen molar-refractivity contribution in [3.05, 3.63) is 53.3 Å². The zero-order valence-electron chi connectivity index (χ0n) is 10.6. The van der Waals surface area contributed by atoms with Gasteiger partial charge >= 0.3 is 0 Å². The molecule has 102 valence electrons. The van der Waals surface area contributed by atoms with E-state index in [1.165, 1.54) is 6.26 Å². The maximum absolute atomic E-state index is 11.5. The fourth-order valence-corrected chi connectivity index (χ4v) is 3.01. The summed E-state index contributed by atoms with van der Waals surface area (Å²) in [5, 5.41) is 0. The van der Waals surface area contributed by atoms with Gasteiger partial charge in [-0.15, -0.1) is 0 Å². The molecule has 1 aromatic carbocycles. The number of imidazole rings is 1. The number of benzene rings is 1. The molecule has 0 aliphatic carbocycles. The average Bonchev–Trinajstić information content (AvgIpc) is 2.81. The van der Waals surface area contributed by atoms with Gasteiger partial charge in [0.25, 0.3) is 0 Å². The molecule has 0 unspecified atom stereocenters.